The van der Waals surface area contributed by atoms with Gasteiger partial charge < -0.3 is 4.74 Å². The highest BCUT2D eigenvalue weighted by atomic mass is 16.5. The van der Waals surface area contributed by atoms with Crippen molar-refractivity contribution in [1.29, 1.82) is 0 Å². The smallest absolute Gasteiger partial charge is 0.240 e. The number of aryl methyl sites for hydroxylation is 1. The number of pyridine rings is 1. The lowest BCUT2D eigenvalue weighted by atomic mass is 9.94. The van der Waals surface area contributed by atoms with E-state index in [1.165, 1.54) is 0 Å². The van der Waals surface area contributed by atoms with Gasteiger partial charge in [-0.25, -0.2) is 9.94 Å². The normalized spacial score (nSPS) is 18.2. The monoisotopic (exact) mass is 314 g/mol. The van der Waals surface area contributed by atoms with Crippen molar-refractivity contribution in [3.63, 3.8) is 0 Å². The maximum atomic E-state index is 11.5. The summed E-state index contributed by atoms with van der Waals surface area (Å²) in [6.07, 6.45) is 1.37. The van der Waals surface area contributed by atoms with E-state index in [0.717, 1.165) is 28.9 Å². The van der Waals surface area contributed by atoms with Crippen LogP contribution in [0.25, 0.3) is 5.52 Å². The fraction of sp³-hybridized carbons (Fsp3) is 0.471. The lowest BCUT2D eigenvalue weighted by Crippen LogP contribution is -2.32. The number of carbonyl (C=O) groups is 1. The highest BCUT2D eigenvalue weighted by molar-refractivity contribution is 6.10. The number of fused-ring (bicyclic) bond motifs is 1. The molecule has 3 heterocycles. The van der Waals surface area contributed by atoms with Crippen LogP contribution in [0.3, 0.4) is 0 Å². The molecule has 1 atom stereocenters. The van der Waals surface area contributed by atoms with Crippen LogP contribution in [0.5, 0.6) is 5.88 Å². The van der Waals surface area contributed by atoms with Gasteiger partial charge in [-0.2, -0.15) is 10.2 Å². The number of nitrogens with one attached hydrogen (secondary N) is 1. The molecule has 1 aliphatic heterocycles. The van der Waals surface area contributed by atoms with Crippen molar-refractivity contribution in [2.24, 2.45) is 11.0 Å². The van der Waals surface area contributed by atoms with Crippen molar-refractivity contribution < 1.29 is 9.53 Å². The van der Waals surface area contributed by atoms with Crippen LogP contribution in [-0.2, 0) is 11.2 Å². The van der Waals surface area contributed by atoms with Gasteiger partial charge in [-0.3, -0.25) is 4.79 Å². The zero-order valence-electron chi connectivity index (χ0n) is 14.0. The minimum atomic E-state index is -0.0419. The van der Waals surface area contributed by atoms with Crippen molar-refractivity contribution in [2.45, 2.75) is 46.6 Å². The topological polar surface area (TPSA) is 68.0 Å². The number of nitrogens with zero attached hydrogens (tertiary/aromatic N) is 3. The van der Waals surface area contributed by atoms with Gasteiger partial charge in [0.15, 0.2) is 0 Å². The van der Waals surface area contributed by atoms with Gasteiger partial charge in [0.25, 0.3) is 0 Å². The number of rotatable bonds is 4. The van der Waals surface area contributed by atoms with Gasteiger partial charge in [0.05, 0.1) is 23.0 Å². The molecule has 2 aromatic rings. The van der Waals surface area contributed by atoms with Gasteiger partial charge in [-0.1, -0.05) is 13.8 Å². The Morgan fingerprint density at radius 3 is 2.87 bits per heavy atom. The van der Waals surface area contributed by atoms with E-state index < -0.39 is 0 Å². The molecule has 6 nitrogen and oxygen atoms in total. The molecule has 0 fully saturated rings. The summed E-state index contributed by atoms with van der Waals surface area (Å²) in [6.45, 7) is 8.08. The molecule has 122 valence electrons. The first-order valence-corrected chi connectivity index (χ1v) is 8.04. The number of hydrogen-bond donors (Lipinski definition) is 1. The second kappa shape index (κ2) is 6.02. The molecule has 0 spiro atoms. The summed E-state index contributed by atoms with van der Waals surface area (Å²) in [5, 5.41) is 8.90. The van der Waals surface area contributed by atoms with E-state index in [1.54, 1.807) is 0 Å². The molecular weight excluding hydrogens is 292 g/mol. The molecule has 1 N–H and O–H groups in total. The molecule has 2 aromatic heterocycles. The summed E-state index contributed by atoms with van der Waals surface area (Å²) in [6, 6.07) is 5.98. The molecule has 6 heteroatoms. The van der Waals surface area contributed by atoms with Crippen molar-refractivity contribution in [2.75, 3.05) is 0 Å². The van der Waals surface area contributed by atoms with Crippen LogP contribution in [0, 0.1) is 5.92 Å². The van der Waals surface area contributed by atoms with E-state index >= 15 is 0 Å². The van der Waals surface area contributed by atoms with Crippen molar-refractivity contribution in [1.82, 2.24) is 15.0 Å². The summed E-state index contributed by atoms with van der Waals surface area (Å²) in [7, 11) is 0. The number of ether oxygens (including phenoxy) is 1. The van der Waals surface area contributed by atoms with Gasteiger partial charge >= 0.3 is 0 Å². The summed E-state index contributed by atoms with van der Waals surface area (Å²) in [5.41, 5.74) is 6.41. The Hall–Kier alpha value is -2.37. The largest absolute Gasteiger partial charge is 0.475 e. The zero-order valence-corrected chi connectivity index (χ0v) is 14.0. The molecule has 0 bridgehead atoms. The lowest BCUT2D eigenvalue weighted by Gasteiger charge is -2.20. The van der Waals surface area contributed by atoms with E-state index in [1.807, 2.05) is 37.4 Å². The van der Waals surface area contributed by atoms with Crippen molar-refractivity contribution in [3.8, 4) is 5.88 Å². The number of aromatic nitrogens is 2. The minimum Gasteiger partial charge on any atom is -0.475 e. The molecule has 1 amide bonds. The van der Waals surface area contributed by atoms with E-state index in [9.17, 15) is 4.79 Å². The van der Waals surface area contributed by atoms with E-state index in [0.29, 0.717) is 12.3 Å². The molecule has 0 aliphatic carbocycles. The summed E-state index contributed by atoms with van der Waals surface area (Å²) in [5.74, 6) is 0.746. The van der Waals surface area contributed by atoms with Crippen molar-refractivity contribution in [3.05, 3.63) is 29.5 Å². The van der Waals surface area contributed by atoms with Crippen molar-refractivity contribution >= 4 is 17.1 Å². The van der Waals surface area contributed by atoms with Crippen LogP contribution in [0.15, 0.2) is 23.3 Å². The third kappa shape index (κ3) is 2.93. The molecule has 1 unspecified atom stereocenters. The van der Waals surface area contributed by atoms with E-state index in [4.69, 9.17) is 4.74 Å². The maximum absolute atomic E-state index is 11.5. The fourth-order valence-electron chi connectivity index (χ4n) is 2.80. The summed E-state index contributed by atoms with van der Waals surface area (Å²) >= 11 is 0. The van der Waals surface area contributed by atoms with Crippen LogP contribution in [0.4, 0.5) is 0 Å². The Kier molecular flexibility index (Phi) is 4.07. The van der Waals surface area contributed by atoms with Gasteiger partial charge in [0.1, 0.15) is 0 Å². The second-order valence-corrected chi connectivity index (χ2v) is 6.18. The minimum absolute atomic E-state index is 0.0419. The first-order valence-electron chi connectivity index (χ1n) is 8.04. The molecule has 1 aliphatic rings. The predicted octanol–water partition coefficient (Wildman–Crippen LogP) is 2.54. The molecule has 0 aromatic carbocycles. The molecule has 0 saturated carbocycles. The van der Waals surface area contributed by atoms with Crippen LogP contribution in [0.1, 0.15) is 45.4 Å². The standard InChI is InChI=1S/C17H22N4O2/c1-5-12-9-14-13(17-11(4)8-15(22)18-19-17)6-7-16(21(14)20-12)23-10(2)3/h6-7,9-11H,5,8H2,1-4H3,(H,18,22). The fourth-order valence-corrected chi connectivity index (χ4v) is 2.80. The highest BCUT2D eigenvalue weighted by Crippen LogP contribution is 2.25. The molecule has 0 radical (unpaired) electrons. The van der Waals surface area contributed by atoms with Gasteiger partial charge in [0, 0.05) is 24.0 Å². The Labute approximate surface area is 135 Å². The van der Waals surface area contributed by atoms with E-state index in [2.05, 4.69) is 28.6 Å². The zero-order chi connectivity index (χ0) is 16.6. The van der Waals surface area contributed by atoms with Crippen LogP contribution in [0.2, 0.25) is 0 Å². The first kappa shape index (κ1) is 15.5. The third-order valence-electron chi connectivity index (χ3n) is 3.89. The lowest BCUT2D eigenvalue weighted by molar-refractivity contribution is -0.121. The number of hydrazone groups is 1. The number of carbonyl (C=O) groups excluding carboxylic acids is 1. The average molecular weight is 314 g/mol. The Balaban J connectivity index is 2.15. The summed E-state index contributed by atoms with van der Waals surface area (Å²) in [4.78, 5) is 11.5. The molecule has 23 heavy (non-hydrogen) atoms. The number of amides is 1. The maximum Gasteiger partial charge on any atom is 0.240 e. The quantitative estimate of drug-likeness (QED) is 0.943. The SMILES string of the molecule is CCc1cc2c(C3=NNC(=O)CC3C)ccc(OC(C)C)n2n1. The Morgan fingerprint density at radius 1 is 1.43 bits per heavy atom. The summed E-state index contributed by atoms with van der Waals surface area (Å²) < 4.78 is 7.70. The second-order valence-electron chi connectivity index (χ2n) is 6.18. The predicted molar refractivity (Wildman–Crippen MR) is 88.8 cm³/mol. The first-order chi connectivity index (χ1) is 11.0. The molecule has 3 rings (SSSR count). The Morgan fingerprint density at radius 2 is 2.22 bits per heavy atom. The van der Waals surface area contributed by atoms with E-state index in [-0.39, 0.29) is 17.9 Å². The van der Waals surface area contributed by atoms with Crippen LogP contribution >= 0.6 is 0 Å². The average Bonchev–Trinajstić information content (AvgIpc) is 2.92. The molecule has 0 saturated heterocycles. The van der Waals surface area contributed by atoms with Crippen LogP contribution in [-0.4, -0.2) is 27.3 Å². The molecular formula is C17H22N4O2. The highest BCUT2D eigenvalue weighted by Gasteiger charge is 2.24. The van der Waals surface area contributed by atoms with Gasteiger partial charge in [0.2, 0.25) is 11.8 Å². The van der Waals surface area contributed by atoms with Gasteiger partial charge in [-0.05, 0) is 32.4 Å². The van der Waals surface area contributed by atoms with Gasteiger partial charge in [-0.15, -0.1) is 0 Å². The Bertz CT molecular complexity index is 776. The third-order valence-corrected chi connectivity index (χ3v) is 3.89. The van der Waals surface area contributed by atoms with Crippen LogP contribution < -0.4 is 10.2 Å². The number of hydrogen-bond acceptors (Lipinski definition) is 4.